The number of amides is 1. The molecule has 1 amide bonds. The molecule has 0 atom stereocenters. The van der Waals surface area contributed by atoms with Crippen LogP contribution in [0.1, 0.15) is 36.0 Å². The summed E-state index contributed by atoms with van der Waals surface area (Å²) in [6.07, 6.45) is 2.28. The number of furan rings is 1. The highest BCUT2D eigenvalue weighted by atomic mass is 19.1. The smallest absolute Gasteiger partial charge is 0.291 e. The van der Waals surface area contributed by atoms with Crippen LogP contribution >= 0.6 is 0 Å². The standard InChI is InChI=1S/C25H24FN3O3/c1-16(2)29-15-27-23(18-5-7-19(26)8-6-18)24(29)21-11-12-22(32-21)25(31)28-20-9-3-17(4-10-20)13-14-30/h3-12,15-16,30H,13-14H2,1-2H3,(H,28,31). The van der Waals surface area contributed by atoms with Crippen molar-refractivity contribution in [3.05, 3.63) is 84.1 Å². The van der Waals surface area contributed by atoms with Crippen LogP contribution in [0.3, 0.4) is 0 Å². The average molecular weight is 433 g/mol. The second-order valence-electron chi connectivity index (χ2n) is 7.74. The van der Waals surface area contributed by atoms with Gasteiger partial charge in [0.2, 0.25) is 0 Å². The van der Waals surface area contributed by atoms with Crippen LogP contribution in [0.2, 0.25) is 0 Å². The van der Waals surface area contributed by atoms with E-state index in [1.165, 1.54) is 12.1 Å². The summed E-state index contributed by atoms with van der Waals surface area (Å²) < 4.78 is 21.3. The Hall–Kier alpha value is -3.71. The van der Waals surface area contributed by atoms with E-state index < -0.39 is 0 Å². The van der Waals surface area contributed by atoms with Crippen molar-refractivity contribution in [2.24, 2.45) is 0 Å². The Labute approximate surface area is 185 Å². The normalized spacial score (nSPS) is 11.2. The average Bonchev–Trinajstić information content (AvgIpc) is 3.43. The minimum absolute atomic E-state index is 0.0771. The van der Waals surface area contributed by atoms with Crippen LogP contribution in [0.25, 0.3) is 22.7 Å². The predicted octanol–water partition coefficient (Wildman–Crippen LogP) is 5.32. The van der Waals surface area contributed by atoms with E-state index in [1.807, 2.05) is 30.5 Å². The molecule has 2 aromatic carbocycles. The van der Waals surface area contributed by atoms with Crippen LogP contribution in [0.15, 0.2) is 71.4 Å². The summed E-state index contributed by atoms with van der Waals surface area (Å²) in [5, 5.41) is 11.8. The van der Waals surface area contributed by atoms with Crippen molar-refractivity contribution >= 4 is 11.6 Å². The summed E-state index contributed by atoms with van der Waals surface area (Å²) in [7, 11) is 0. The van der Waals surface area contributed by atoms with Crippen molar-refractivity contribution in [1.82, 2.24) is 9.55 Å². The topological polar surface area (TPSA) is 80.3 Å². The second-order valence-corrected chi connectivity index (χ2v) is 7.74. The summed E-state index contributed by atoms with van der Waals surface area (Å²) >= 11 is 0. The number of carbonyl (C=O) groups is 1. The number of aliphatic hydroxyl groups excluding tert-OH is 1. The molecule has 0 aliphatic heterocycles. The summed E-state index contributed by atoms with van der Waals surface area (Å²) in [4.78, 5) is 17.2. The highest BCUT2D eigenvalue weighted by Gasteiger charge is 2.21. The van der Waals surface area contributed by atoms with Gasteiger partial charge in [-0.3, -0.25) is 4.79 Å². The first-order valence-corrected chi connectivity index (χ1v) is 10.4. The maximum atomic E-state index is 13.4. The molecule has 6 nitrogen and oxygen atoms in total. The van der Waals surface area contributed by atoms with Gasteiger partial charge in [-0.15, -0.1) is 0 Å². The number of benzene rings is 2. The van der Waals surface area contributed by atoms with E-state index in [1.54, 1.807) is 42.7 Å². The fourth-order valence-electron chi connectivity index (χ4n) is 3.48. The van der Waals surface area contributed by atoms with Gasteiger partial charge in [0.05, 0.1) is 12.0 Å². The van der Waals surface area contributed by atoms with Gasteiger partial charge in [0.25, 0.3) is 5.91 Å². The molecule has 164 valence electrons. The molecule has 0 aliphatic rings. The maximum Gasteiger partial charge on any atom is 0.291 e. The lowest BCUT2D eigenvalue weighted by atomic mass is 10.1. The molecule has 2 heterocycles. The van der Waals surface area contributed by atoms with E-state index in [0.29, 0.717) is 23.6 Å². The van der Waals surface area contributed by atoms with Crippen LogP contribution in [0, 0.1) is 5.82 Å². The number of nitrogens with zero attached hydrogens (tertiary/aromatic N) is 2. The SMILES string of the molecule is CC(C)n1cnc(-c2ccc(F)cc2)c1-c1ccc(C(=O)Nc2ccc(CCO)cc2)o1. The van der Waals surface area contributed by atoms with Gasteiger partial charge in [-0.25, -0.2) is 9.37 Å². The Bertz CT molecular complexity index is 1210. The van der Waals surface area contributed by atoms with Crippen molar-refractivity contribution < 1.29 is 18.7 Å². The first-order chi connectivity index (χ1) is 15.5. The van der Waals surface area contributed by atoms with Crippen LogP contribution in [0.4, 0.5) is 10.1 Å². The van der Waals surface area contributed by atoms with Crippen molar-refractivity contribution in [3.8, 4) is 22.7 Å². The van der Waals surface area contributed by atoms with Gasteiger partial charge in [-0.2, -0.15) is 0 Å². The van der Waals surface area contributed by atoms with E-state index in [2.05, 4.69) is 10.3 Å². The van der Waals surface area contributed by atoms with Crippen LogP contribution in [-0.2, 0) is 6.42 Å². The lowest BCUT2D eigenvalue weighted by Gasteiger charge is -2.11. The van der Waals surface area contributed by atoms with Gasteiger partial charge in [-0.1, -0.05) is 12.1 Å². The van der Waals surface area contributed by atoms with E-state index >= 15 is 0 Å². The van der Waals surface area contributed by atoms with E-state index in [0.717, 1.165) is 16.8 Å². The van der Waals surface area contributed by atoms with Crippen LogP contribution < -0.4 is 5.32 Å². The highest BCUT2D eigenvalue weighted by molar-refractivity contribution is 6.02. The minimum Gasteiger partial charge on any atom is -0.449 e. The molecule has 2 aromatic heterocycles. The molecule has 0 saturated heterocycles. The molecule has 0 aliphatic carbocycles. The van der Waals surface area contributed by atoms with Gasteiger partial charge < -0.3 is 19.4 Å². The molecule has 0 saturated carbocycles. The van der Waals surface area contributed by atoms with Crippen molar-refractivity contribution in [2.75, 3.05) is 11.9 Å². The third-order valence-electron chi connectivity index (χ3n) is 5.14. The first-order valence-electron chi connectivity index (χ1n) is 10.4. The van der Waals surface area contributed by atoms with E-state index in [4.69, 9.17) is 9.52 Å². The molecule has 0 fully saturated rings. The zero-order chi connectivity index (χ0) is 22.7. The largest absolute Gasteiger partial charge is 0.449 e. The highest BCUT2D eigenvalue weighted by Crippen LogP contribution is 2.34. The fourth-order valence-corrected chi connectivity index (χ4v) is 3.48. The Balaban J connectivity index is 1.62. The zero-order valence-corrected chi connectivity index (χ0v) is 17.9. The molecule has 0 unspecified atom stereocenters. The number of rotatable bonds is 7. The van der Waals surface area contributed by atoms with Gasteiger partial charge >= 0.3 is 0 Å². The molecule has 7 heteroatoms. The predicted molar refractivity (Wildman–Crippen MR) is 121 cm³/mol. The molecule has 0 radical (unpaired) electrons. The van der Waals surface area contributed by atoms with Gasteiger partial charge in [0.1, 0.15) is 11.5 Å². The number of aromatic nitrogens is 2. The number of nitrogens with one attached hydrogen (secondary N) is 1. The maximum absolute atomic E-state index is 13.4. The monoisotopic (exact) mass is 433 g/mol. The Kier molecular flexibility index (Phi) is 6.18. The molecule has 4 aromatic rings. The molecule has 2 N–H and O–H groups in total. The Morgan fingerprint density at radius 3 is 2.47 bits per heavy atom. The molecular formula is C25H24FN3O3. The minimum atomic E-state index is -0.370. The van der Waals surface area contributed by atoms with Gasteiger partial charge in [0, 0.05) is 23.9 Å². The first kappa shape index (κ1) is 21.5. The molecular weight excluding hydrogens is 409 g/mol. The summed E-state index contributed by atoms with van der Waals surface area (Å²) in [5.41, 5.74) is 3.75. The third-order valence-corrected chi connectivity index (χ3v) is 5.14. The van der Waals surface area contributed by atoms with E-state index in [9.17, 15) is 9.18 Å². The van der Waals surface area contributed by atoms with Crippen molar-refractivity contribution in [1.29, 1.82) is 0 Å². The third kappa shape index (κ3) is 4.48. The number of aliphatic hydroxyl groups is 1. The lowest BCUT2D eigenvalue weighted by Crippen LogP contribution is -2.10. The quantitative estimate of drug-likeness (QED) is 0.414. The molecule has 0 bridgehead atoms. The van der Waals surface area contributed by atoms with E-state index in [-0.39, 0.29) is 30.1 Å². The lowest BCUT2D eigenvalue weighted by molar-refractivity contribution is 0.0997. The Morgan fingerprint density at radius 1 is 1.09 bits per heavy atom. The van der Waals surface area contributed by atoms with Gasteiger partial charge in [-0.05, 0) is 74.4 Å². The van der Waals surface area contributed by atoms with Crippen LogP contribution in [0.5, 0.6) is 0 Å². The number of carbonyl (C=O) groups excluding carboxylic acids is 1. The molecule has 32 heavy (non-hydrogen) atoms. The van der Waals surface area contributed by atoms with Crippen molar-refractivity contribution in [2.45, 2.75) is 26.3 Å². The summed E-state index contributed by atoms with van der Waals surface area (Å²) in [6.45, 7) is 4.13. The number of halogens is 1. The summed E-state index contributed by atoms with van der Waals surface area (Å²) in [5.74, 6) is -0.0231. The van der Waals surface area contributed by atoms with Crippen molar-refractivity contribution in [3.63, 3.8) is 0 Å². The number of imidazole rings is 1. The van der Waals surface area contributed by atoms with Gasteiger partial charge in [0.15, 0.2) is 11.5 Å². The second kappa shape index (κ2) is 9.20. The molecule has 0 spiro atoms. The van der Waals surface area contributed by atoms with Crippen LogP contribution in [-0.4, -0.2) is 27.2 Å². The number of anilines is 1. The fraction of sp³-hybridized carbons (Fsp3) is 0.200. The Morgan fingerprint density at radius 2 is 1.81 bits per heavy atom. The molecule has 4 rings (SSSR count). The zero-order valence-electron chi connectivity index (χ0n) is 17.9. The number of hydrogen-bond acceptors (Lipinski definition) is 4. The summed E-state index contributed by atoms with van der Waals surface area (Å²) in [6, 6.07) is 16.9. The number of hydrogen-bond donors (Lipinski definition) is 2.